The van der Waals surface area contributed by atoms with Gasteiger partial charge in [-0.3, -0.25) is 0 Å². The second-order valence-corrected chi connectivity index (χ2v) is 7.86. The first-order chi connectivity index (χ1) is 14.7. The molecular weight excluding hydrogens is 376 g/mol. The number of aromatic nitrogens is 3. The van der Waals surface area contributed by atoms with Gasteiger partial charge in [-0.05, 0) is 44.2 Å². The maximum absolute atomic E-state index is 5.82. The number of benzene rings is 1. The van der Waals surface area contributed by atoms with Gasteiger partial charge in [-0.2, -0.15) is 9.97 Å². The minimum absolute atomic E-state index is 0.249. The molecule has 7 heteroatoms. The molecule has 1 aliphatic heterocycles. The van der Waals surface area contributed by atoms with E-state index in [9.17, 15) is 0 Å². The molecular formula is C23H24N6O. The predicted octanol–water partition coefficient (Wildman–Crippen LogP) is 3.04. The minimum atomic E-state index is 0.249. The Bertz CT molecular complexity index is 1100. The largest absolute Gasteiger partial charge is 0.474 e. The van der Waals surface area contributed by atoms with E-state index < -0.39 is 0 Å². The van der Waals surface area contributed by atoms with Crippen LogP contribution >= 0.6 is 0 Å². The van der Waals surface area contributed by atoms with Crippen LogP contribution in [0.2, 0.25) is 0 Å². The number of rotatable bonds is 5. The number of fused-ring (bicyclic) bond motifs is 1. The van der Waals surface area contributed by atoms with Crippen LogP contribution in [0.25, 0.3) is 11.0 Å². The van der Waals surface area contributed by atoms with Crippen LogP contribution < -0.4 is 15.0 Å². The second-order valence-electron chi connectivity index (χ2n) is 7.86. The zero-order valence-corrected chi connectivity index (χ0v) is 17.0. The molecule has 1 saturated carbocycles. The molecule has 2 aliphatic rings. The smallest absolute Gasteiger partial charge is 0.229 e. The van der Waals surface area contributed by atoms with Gasteiger partial charge in [0.1, 0.15) is 6.10 Å². The molecule has 1 N–H and O–H groups in total. The normalized spacial score (nSPS) is 17.0. The second kappa shape index (κ2) is 7.81. The van der Waals surface area contributed by atoms with E-state index in [-0.39, 0.29) is 6.10 Å². The van der Waals surface area contributed by atoms with Crippen LogP contribution in [0.1, 0.15) is 18.4 Å². The molecule has 30 heavy (non-hydrogen) atoms. The number of nitrogens with zero attached hydrogens (tertiary/aromatic N) is 5. The minimum Gasteiger partial charge on any atom is -0.474 e. The highest BCUT2D eigenvalue weighted by Gasteiger charge is 2.24. The predicted molar refractivity (Wildman–Crippen MR) is 118 cm³/mol. The molecule has 2 fully saturated rings. The Hall–Kier alpha value is -3.37. The number of nitrogens with one attached hydrogen (secondary N) is 1. The molecule has 0 bridgehead atoms. The van der Waals surface area contributed by atoms with Gasteiger partial charge in [-0.1, -0.05) is 5.92 Å². The molecule has 0 unspecified atom stereocenters. The molecule has 1 aromatic carbocycles. The van der Waals surface area contributed by atoms with Crippen molar-refractivity contribution in [2.45, 2.75) is 18.9 Å². The van der Waals surface area contributed by atoms with Gasteiger partial charge < -0.3 is 19.9 Å². The van der Waals surface area contributed by atoms with Gasteiger partial charge in [0.05, 0.1) is 5.39 Å². The number of terminal acetylenes is 1. The molecule has 3 heterocycles. The van der Waals surface area contributed by atoms with Crippen molar-refractivity contribution < 1.29 is 4.74 Å². The van der Waals surface area contributed by atoms with Gasteiger partial charge in [-0.25, -0.2) is 4.98 Å². The van der Waals surface area contributed by atoms with Crippen LogP contribution in [0, 0.1) is 12.3 Å². The standard InChI is InChI=1S/C23H24N6O/c1-3-16-14-21(30-19-8-9-19)26-22-20(16)15-24-23(27-22)25-17-4-6-18(7-5-17)29-12-10-28(2)11-13-29/h1,4-7,14-15,19H,8-13H2,2H3,(H,24,25,26,27). The Balaban J connectivity index is 1.35. The molecule has 5 rings (SSSR count). The third-order valence-electron chi connectivity index (χ3n) is 5.50. The lowest BCUT2D eigenvalue weighted by Crippen LogP contribution is -2.44. The van der Waals surface area contributed by atoms with E-state index in [1.807, 2.05) is 12.1 Å². The van der Waals surface area contributed by atoms with Crippen molar-refractivity contribution in [3.8, 4) is 18.2 Å². The van der Waals surface area contributed by atoms with E-state index in [4.69, 9.17) is 11.2 Å². The van der Waals surface area contributed by atoms with Crippen molar-refractivity contribution in [3.05, 3.63) is 42.1 Å². The fourth-order valence-electron chi connectivity index (χ4n) is 3.53. The maximum Gasteiger partial charge on any atom is 0.229 e. The van der Waals surface area contributed by atoms with Crippen LogP contribution in [0.5, 0.6) is 5.88 Å². The zero-order valence-electron chi connectivity index (χ0n) is 17.0. The molecule has 0 atom stereocenters. The van der Waals surface area contributed by atoms with Crippen molar-refractivity contribution in [1.29, 1.82) is 0 Å². The van der Waals surface area contributed by atoms with Gasteiger partial charge in [0.2, 0.25) is 11.8 Å². The Morgan fingerprint density at radius 3 is 2.57 bits per heavy atom. The molecule has 7 nitrogen and oxygen atoms in total. The van der Waals surface area contributed by atoms with Gasteiger partial charge in [0, 0.05) is 55.4 Å². The third kappa shape index (κ3) is 4.00. The van der Waals surface area contributed by atoms with E-state index in [0.717, 1.165) is 50.1 Å². The lowest BCUT2D eigenvalue weighted by atomic mass is 10.2. The first-order valence-electron chi connectivity index (χ1n) is 10.3. The number of hydrogen-bond acceptors (Lipinski definition) is 7. The van der Waals surface area contributed by atoms with Crippen LogP contribution in [0.15, 0.2) is 36.5 Å². The van der Waals surface area contributed by atoms with Crippen molar-refractivity contribution in [1.82, 2.24) is 19.9 Å². The summed E-state index contributed by atoms with van der Waals surface area (Å²) in [5.41, 5.74) is 3.39. The van der Waals surface area contributed by atoms with Crippen LogP contribution in [-0.4, -0.2) is 59.2 Å². The van der Waals surface area contributed by atoms with E-state index in [1.165, 1.54) is 5.69 Å². The lowest BCUT2D eigenvalue weighted by molar-refractivity contribution is 0.292. The van der Waals surface area contributed by atoms with Gasteiger partial charge in [0.25, 0.3) is 0 Å². The topological polar surface area (TPSA) is 66.4 Å². The molecule has 0 amide bonds. The summed E-state index contributed by atoms with van der Waals surface area (Å²) in [5, 5.41) is 4.01. The molecule has 0 spiro atoms. The third-order valence-corrected chi connectivity index (χ3v) is 5.50. The van der Waals surface area contributed by atoms with Crippen LogP contribution in [-0.2, 0) is 0 Å². The fraction of sp³-hybridized carbons (Fsp3) is 0.348. The average Bonchev–Trinajstić information content (AvgIpc) is 3.58. The molecule has 1 saturated heterocycles. The average molecular weight is 400 g/mol. The van der Waals surface area contributed by atoms with E-state index >= 15 is 0 Å². The zero-order chi connectivity index (χ0) is 20.5. The summed E-state index contributed by atoms with van der Waals surface area (Å²) in [7, 11) is 2.16. The first-order valence-corrected chi connectivity index (χ1v) is 10.3. The van der Waals surface area contributed by atoms with E-state index in [2.05, 4.69) is 55.2 Å². The Morgan fingerprint density at radius 1 is 1.10 bits per heavy atom. The van der Waals surface area contributed by atoms with Crippen LogP contribution in [0.4, 0.5) is 17.3 Å². The van der Waals surface area contributed by atoms with E-state index in [1.54, 1.807) is 12.3 Å². The summed E-state index contributed by atoms with van der Waals surface area (Å²) in [4.78, 5) is 18.3. The number of pyridine rings is 1. The quantitative estimate of drug-likeness (QED) is 0.660. The lowest BCUT2D eigenvalue weighted by Gasteiger charge is -2.34. The Kier molecular flexibility index (Phi) is 4.85. The Labute approximate surface area is 176 Å². The summed E-state index contributed by atoms with van der Waals surface area (Å²) in [6.07, 6.45) is 9.75. The molecule has 0 radical (unpaired) electrons. The number of likely N-dealkylation sites (N-methyl/N-ethyl adjacent to an activating group) is 1. The first kappa shape index (κ1) is 18.6. The summed E-state index contributed by atoms with van der Waals surface area (Å²) in [5.74, 6) is 3.69. The van der Waals surface area contributed by atoms with Crippen molar-refractivity contribution >= 4 is 28.4 Å². The van der Waals surface area contributed by atoms with Gasteiger partial charge >= 0.3 is 0 Å². The highest BCUT2D eigenvalue weighted by Crippen LogP contribution is 2.28. The summed E-state index contributed by atoms with van der Waals surface area (Å²) in [6.45, 7) is 4.27. The highest BCUT2D eigenvalue weighted by atomic mass is 16.5. The maximum atomic E-state index is 5.82. The van der Waals surface area contributed by atoms with Crippen molar-refractivity contribution in [3.63, 3.8) is 0 Å². The summed E-state index contributed by atoms with van der Waals surface area (Å²) < 4.78 is 5.82. The molecule has 2 aromatic heterocycles. The van der Waals surface area contributed by atoms with Crippen molar-refractivity contribution in [2.24, 2.45) is 0 Å². The number of anilines is 3. The number of hydrogen-bond donors (Lipinski definition) is 1. The summed E-state index contributed by atoms with van der Waals surface area (Å²) in [6, 6.07) is 10.1. The van der Waals surface area contributed by atoms with Gasteiger partial charge in [-0.15, -0.1) is 6.42 Å². The van der Waals surface area contributed by atoms with Crippen molar-refractivity contribution in [2.75, 3.05) is 43.4 Å². The van der Waals surface area contributed by atoms with Crippen LogP contribution in [0.3, 0.4) is 0 Å². The summed E-state index contributed by atoms with van der Waals surface area (Å²) >= 11 is 0. The SMILES string of the molecule is C#Cc1cc(OC2CC2)nc2nc(Nc3ccc(N4CCN(C)CC4)cc3)ncc12. The molecule has 3 aromatic rings. The Morgan fingerprint density at radius 2 is 1.87 bits per heavy atom. The number of piperazine rings is 1. The molecule has 1 aliphatic carbocycles. The molecule has 152 valence electrons. The van der Waals surface area contributed by atoms with Gasteiger partial charge in [0.15, 0.2) is 5.65 Å². The fourth-order valence-corrected chi connectivity index (χ4v) is 3.53. The highest BCUT2D eigenvalue weighted by molar-refractivity contribution is 5.83. The number of ether oxygens (including phenoxy) is 1. The monoisotopic (exact) mass is 400 g/mol. The van der Waals surface area contributed by atoms with E-state index in [0.29, 0.717) is 23.0 Å².